The van der Waals surface area contributed by atoms with Gasteiger partial charge in [-0.15, -0.1) is 0 Å². The molecule has 0 unspecified atom stereocenters. The normalized spacial score (nSPS) is 12.2. The molecule has 0 atom stereocenters. The molecule has 2 N–H and O–H groups in total. The van der Waals surface area contributed by atoms with E-state index in [9.17, 15) is 15.0 Å². The molecule has 0 spiro atoms. The lowest BCUT2D eigenvalue weighted by atomic mass is 10.0. The van der Waals surface area contributed by atoms with Crippen LogP contribution in [0.2, 0.25) is 0 Å². The number of aldehydes is 1. The van der Waals surface area contributed by atoms with Crippen molar-refractivity contribution in [3.63, 3.8) is 0 Å². The first kappa shape index (κ1) is 26.5. The highest BCUT2D eigenvalue weighted by atomic mass is 16.7. The van der Waals surface area contributed by atoms with E-state index < -0.39 is 12.0 Å². The molecule has 0 aliphatic heterocycles. The third-order valence-corrected chi connectivity index (χ3v) is 4.89. The number of carbonyl (C=O) groups is 1. The summed E-state index contributed by atoms with van der Waals surface area (Å²) < 4.78 is 15.8. The van der Waals surface area contributed by atoms with Crippen LogP contribution >= 0.6 is 0 Å². The van der Waals surface area contributed by atoms with Gasteiger partial charge < -0.3 is 24.4 Å². The second kappa shape index (κ2) is 13.7. The van der Waals surface area contributed by atoms with Crippen molar-refractivity contribution >= 4 is 6.29 Å². The van der Waals surface area contributed by atoms with Gasteiger partial charge in [-0.2, -0.15) is 0 Å². The minimum atomic E-state index is -0.897. The summed E-state index contributed by atoms with van der Waals surface area (Å²) in [6, 6.07) is 1.30. The number of methoxy groups -OCH3 is 2. The van der Waals surface area contributed by atoms with Crippen LogP contribution in [0.25, 0.3) is 0 Å². The number of carbonyl (C=O) groups excluding carboxylic acids is 1. The Morgan fingerprint density at radius 1 is 0.968 bits per heavy atom. The molecule has 0 radical (unpaired) electrons. The topological polar surface area (TPSA) is 85.2 Å². The summed E-state index contributed by atoms with van der Waals surface area (Å²) in [4.78, 5) is 11.5. The van der Waals surface area contributed by atoms with Gasteiger partial charge in [0.2, 0.25) is 5.75 Å². The molecule has 0 fully saturated rings. The van der Waals surface area contributed by atoms with Crippen LogP contribution in [0.4, 0.5) is 0 Å². The van der Waals surface area contributed by atoms with Gasteiger partial charge in [0.05, 0.1) is 5.56 Å². The number of ether oxygens (including phenoxy) is 3. The summed E-state index contributed by atoms with van der Waals surface area (Å²) in [7, 11) is 2.80. The predicted octanol–water partition coefficient (Wildman–Crippen LogP) is 6.00. The molecule has 0 bridgehead atoms. The minimum absolute atomic E-state index is 0.0454. The monoisotopic (exact) mass is 432 g/mol. The SMILES string of the molecule is COC(OC)c1cc(O)c(OC/C=C(\C)CC/C=C(\C)CCC=C(C)C)c(O)c1C=O. The van der Waals surface area contributed by atoms with Crippen molar-refractivity contribution < 1.29 is 29.2 Å². The molecule has 0 aromatic heterocycles. The number of hydrogen-bond donors (Lipinski definition) is 2. The summed E-state index contributed by atoms with van der Waals surface area (Å²) in [5.41, 5.74) is 4.04. The van der Waals surface area contributed by atoms with Crippen LogP contribution in [0.1, 0.15) is 75.6 Å². The molecule has 6 nitrogen and oxygen atoms in total. The largest absolute Gasteiger partial charge is 0.504 e. The lowest BCUT2D eigenvalue weighted by Gasteiger charge is -2.18. The van der Waals surface area contributed by atoms with Gasteiger partial charge in [-0.25, -0.2) is 0 Å². The quantitative estimate of drug-likeness (QED) is 0.226. The molecule has 0 saturated carbocycles. The highest BCUT2D eigenvalue weighted by Gasteiger charge is 2.23. The average Bonchev–Trinajstić information content (AvgIpc) is 2.71. The number of benzene rings is 1. The fourth-order valence-electron chi connectivity index (χ4n) is 3.09. The second-order valence-electron chi connectivity index (χ2n) is 7.77. The Kier molecular flexibility index (Phi) is 11.7. The van der Waals surface area contributed by atoms with Gasteiger partial charge in [0.1, 0.15) is 6.61 Å². The number of allylic oxidation sites excluding steroid dienone is 5. The van der Waals surface area contributed by atoms with Gasteiger partial charge in [0.15, 0.2) is 24.1 Å². The molecule has 1 aromatic carbocycles. The average molecular weight is 433 g/mol. The highest BCUT2D eigenvalue weighted by molar-refractivity contribution is 5.84. The van der Waals surface area contributed by atoms with E-state index in [4.69, 9.17) is 14.2 Å². The third kappa shape index (κ3) is 8.59. The van der Waals surface area contributed by atoms with E-state index in [1.807, 2.05) is 13.0 Å². The van der Waals surface area contributed by atoms with E-state index >= 15 is 0 Å². The zero-order valence-electron chi connectivity index (χ0n) is 19.5. The fourth-order valence-corrected chi connectivity index (χ4v) is 3.09. The number of hydrogen-bond acceptors (Lipinski definition) is 6. The maximum atomic E-state index is 11.5. The second-order valence-corrected chi connectivity index (χ2v) is 7.77. The summed E-state index contributed by atoms with van der Waals surface area (Å²) in [6.07, 6.45) is 9.95. The van der Waals surface area contributed by atoms with Gasteiger partial charge >= 0.3 is 0 Å². The standard InChI is InChI=1S/C25H36O6/c1-17(2)9-7-10-18(3)11-8-12-19(4)13-14-31-24-22(27)15-20(25(29-5)30-6)21(16-26)23(24)28/h9,11,13,15-16,25,27-28H,7-8,10,12,14H2,1-6H3/b18-11+,19-13+. The van der Waals surface area contributed by atoms with Crippen molar-refractivity contribution in [3.05, 3.63) is 52.1 Å². The van der Waals surface area contributed by atoms with E-state index in [1.54, 1.807) is 0 Å². The van der Waals surface area contributed by atoms with Crippen molar-refractivity contribution in [2.24, 2.45) is 0 Å². The summed E-state index contributed by atoms with van der Waals surface area (Å²) in [5, 5.41) is 20.7. The number of aromatic hydroxyl groups is 2. The van der Waals surface area contributed by atoms with Crippen LogP contribution in [0, 0.1) is 0 Å². The molecule has 0 saturated heterocycles. The van der Waals surface area contributed by atoms with E-state index in [-0.39, 0.29) is 29.2 Å². The van der Waals surface area contributed by atoms with Gasteiger partial charge in [-0.1, -0.05) is 28.9 Å². The Hall–Kier alpha value is -2.57. The molecule has 6 heteroatoms. The van der Waals surface area contributed by atoms with Crippen molar-refractivity contribution in [3.8, 4) is 17.2 Å². The van der Waals surface area contributed by atoms with Gasteiger partial charge in [0, 0.05) is 19.8 Å². The van der Waals surface area contributed by atoms with Crippen molar-refractivity contribution in [2.75, 3.05) is 20.8 Å². The number of phenolic OH excluding ortho intramolecular Hbond substituents is 2. The van der Waals surface area contributed by atoms with Crippen LogP contribution in [0.15, 0.2) is 41.0 Å². The molecule has 1 rings (SSSR count). The Bertz CT molecular complexity index is 812. The molecule has 1 aromatic rings. The highest BCUT2D eigenvalue weighted by Crippen LogP contribution is 2.42. The van der Waals surface area contributed by atoms with Crippen LogP contribution in [-0.4, -0.2) is 37.3 Å². The lowest BCUT2D eigenvalue weighted by molar-refractivity contribution is -0.106. The molecule has 0 amide bonds. The molecule has 0 aliphatic rings. The van der Waals surface area contributed by atoms with E-state index in [2.05, 4.69) is 32.9 Å². The number of rotatable bonds is 13. The summed E-state index contributed by atoms with van der Waals surface area (Å²) in [5.74, 6) is -0.876. The first-order chi connectivity index (χ1) is 14.7. The van der Waals surface area contributed by atoms with Crippen molar-refractivity contribution in [1.82, 2.24) is 0 Å². The first-order valence-electron chi connectivity index (χ1n) is 10.4. The Balaban J connectivity index is 2.73. The van der Waals surface area contributed by atoms with Crippen molar-refractivity contribution in [1.29, 1.82) is 0 Å². The summed E-state index contributed by atoms with van der Waals surface area (Å²) in [6.45, 7) is 8.54. The Labute approximate surface area is 185 Å². The maximum Gasteiger partial charge on any atom is 0.204 e. The smallest absolute Gasteiger partial charge is 0.204 e. The minimum Gasteiger partial charge on any atom is -0.504 e. The molecule has 172 valence electrons. The zero-order valence-corrected chi connectivity index (χ0v) is 19.5. The van der Waals surface area contributed by atoms with E-state index in [0.717, 1.165) is 31.3 Å². The van der Waals surface area contributed by atoms with Gasteiger partial charge in [-0.05, 0) is 65.5 Å². The zero-order chi connectivity index (χ0) is 23.4. The van der Waals surface area contributed by atoms with Gasteiger partial charge in [0.25, 0.3) is 0 Å². The first-order valence-corrected chi connectivity index (χ1v) is 10.4. The predicted molar refractivity (Wildman–Crippen MR) is 123 cm³/mol. The fraction of sp³-hybridized carbons (Fsp3) is 0.480. The molecule has 0 heterocycles. The van der Waals surface area contributed by atoms with E-state index in [0.29, 0.717) is 6.29 Å². The van der Waals surface area contributed by atoms with Crippen LogP contribution in [0.5, 0.6) is 17.2 Å². The van der Waals surface area contributed by atoms with Crippen LogP contribution in [-0.2, 0) is 9.47 Å². The lowest BCUT2D eigenvalue weighted by Crippen LogP contribution is -2.08. The summed E-state index contributed by atoms with van der Waals surface area (Å²) >= 11 is 0. The van der Waals surface area contributed by atoms with Crippen LogP contribution in [0.3, 0.4) is 0 Å². The maximum absolute atomic E-state index is 11.5. The molecule has 0 aliphatic carbocycles. The molecule has 31 heavy (non-hydrogen) atoms. The van der Waals surface area contributed by atoms with Crippen LogP contribution < -0.4 is 4.74 Å². The molecular formula is C25H36O6. The van der Waals surface area contributed by atoms with E-state index in [1.165, 1.54) is 31.4 Å². The number of phenols is 2. The third-order valence-electron chi connectivity index (χ3n) is 4.89. The Morgan fingerprint density at radius 3 is 2.10 bits per heavy atom. The van der Waals surface area contributed by atoms with Gasteiger partial charge in [-0.3, -0.25) is 4.79 Å². The van der Waals surface area contributed by atoms with Crippen molar-refractivity contribution in [2.45, 2.75) is 59.7 Å². The Morgan fingerprint density at radius 2 is 1.55 bits per heavy atom. The molecular weight excluding hydrogens is 396 g/mol.